The van der Waals surface area contributed by atoms with E-state index >= 15 is 0 Å². The molecule has 1 aliphatic rings. The van der Waals surface area contributed by atoms with Gasteiger partial charge in [0.15, 0.2) is 0 Å². The van der Waals surface area contributed by atoms with Crippen molar-refractivity contribution in [3.8, 4) is 0 Å². The quantitative estimate of drug-likeness (QED) is 0.741. The predicted octanol–water partition coefficient (Wildman–Crippen LogP) is 1.86. The molecular weight excluding hydrogens is 387 g/mol. The van der Waals surface area contributed by atoms with Gasteiger partial charge in [0, 0.05) is 11.9 Å². The molecule has 1 heterocycles. The molecule has 9 heteroatoms. The van der Waals surface area contributed by atoms with Crippen molar-refractivity contribution >= 4 is 33.2 Å². The number of halogens is 1. The highest BCUT2D eigenvalue weighted by molar-refractivity contribution is 7.90. The van der Waals surface area contributed by atoms with Crippen LogP contribution in [0.2, 0.25) is 0 Å². The van der Waals surface area contributed by atoms with Gasteiger partial charge in [-0.1, -0.05) is 12.1 Å². The summed E-state index contributed by atoms with van der Waals surface area (Å²) in [7, 11) is -3.44. The number of sulfone groups is 1. The first-order valence-electron chi connectivity index (χ1n) is 8.38. The molecule has 0 spiro atoms. The molecule has 2 aromatic carbocycles. The number of nitrogens with one attached hydrogen (secondary N) is 1. The number of carbonyl (C=O) groups excluding carboxylic acids is 3. The lowest BCUT2D eigenvalue weighted by Gasteiger charge is -2.25. The van der Waals surface area contributed by atoms with Crippen LogP contribution in [0.15, 0.2) is 48.5 Å². The van der Waals surface area contributed by atoms with Crippen molar-refractivity contribution in [3.05, 3.63) is 65.5 Å². The monoisotopic (exact) mass is 404 g/mol. The van der Waals surface area contributed by atoms with Crippen LogP contribution in [0.1, 0.15) is 27.1 Å². The van der Waals surface area contributed by atoms with E-state index in [1.54, 1.807) is 12.1 Å². The van der Waals surface area contributed by atoms with Crippen molar-refractivity contribution in [3.63, 3.8) is 0 Å². The lowest BCUT2D eigenvalue weighted by Crippen LogP contribution is -2.48. The Balaban J connectivity index is 1.91. The second-order valence-corrected chi connectivity index (χ2v) is 8.72. The summed E-state index contributed by atoms with van der Waals surface area (Å²) < 4.78 is 36.2. The first-order chi connectivity index (χ1) is 13.2. The summed E-state index contributed by atoms with van der Waals surface area (Å²) in [5, 5.41) is 2.50. The molecule has 28 heavy (non-hydrogen) atoms. The molecule has 3 amide bonds. The van der Waals surface area contributed by atoms with E-state index in [1.807, 2.05) is 0 Å². The van der Waals surface area contributed by atoms with Gasteiger partial charge < -0.3 is 5.32 Å². The van der Waals surface area contributed by atoms with Crippen LogP contribution in [0.4, 0.5) is 10.1 Å². The van der Waals surface area contributed by atoms with Crippen LogP contribution in [0.25, 0.3) is 0 Å². The molecule has 0 aliphatic carbocycles. The van der Waals surface area contributed by atoms with E-state index in [-0.39, 0.29) is 29.0 Å². The lowest BCUT2D eigenvalue weighted by molar-refractivity contribution is -0.120. The number of imide groups is 1. The van der Waals surface area contributed by atoms with Gasteiger partial charge in [-0.15, -0.1) is 0 Å². The Morgan fingerprint density at radius 3 is 2.07 bits per heavy atom. The van der Waals surface area contributed by atoms with Gasteiger partial charge in [0.2, 0.25) is 5.91 Å². The van der Waals surface area contributed by atoms with Crippen LogP contribution < -0.4 is 5.32 Å². The molecule has 0 bridgehead atoms. The van der Waals surface area contributed by atoms with E-state index < -0.39 is 39.4 Å². The maximum absolute atomic E-state index is 13.1. The molecule has 7 nitrogen and oxygen atoms in total. The van der Waals surface area contributed by atoms with Crippen LogP contribution in [-0.2, 0) is 14.6 Å². The number of hydrogen-bond acceptors (Lipinski definition) is 5. The van der Waals surface area contributed by atoms with Crippen LogP contribution in [-0.4, -0.2) is 49.1 Å². The molecule has 2 aromatic rings. The van der Waals surface area contributed by atoms with Crippen LogP contribution in [0.3, 0.4) is 0 Å². The molecule has 0 fully saturated rings. The van der Waals surface area contributed by atoms with Crippen LogP contribution >= 0.6 is 0 Å². The zero-order chi connectivity index (χ0) is 20.5. The summed E-state index contributed by atoms with van der Waals surface area (Å²) in [5.74, 6) is -2.93. The van der Waals surface area contributed by atoms with Crippen molar-refractivity contribution in [2.75, 3.05) is 17.3 Å². The molecule has 0 saturated heterocycles. The van der Waals surface area contributed by atoms with Crippen molar-refractivity contribution < 1.29 is 27.2 Å². The van der Waals surface area contributed by atoms with Crippen LogP contribution in [0.5, 0.6) is 0 Å². The Bertz CT molecular complexity index is 1020. The zero-order valence-corrected chi connectivity index (χ0v) is 15.7. The van der Waals surface area contributed by atoms with Gasteiger partial charge in [0.25, 0.3) is 11.8 Å². The van der Waals surface area contributed by atoms with Gasteiger partial charge in [0.1, 0.15) is 21.7 Å². The maximum atomic E-state index is 13.1. The Labute approximate surface area is 161 Å². The fourth-order valence-corrected chi connectivity index (χ4v) is 3.60. The number of hydrogen-bond donors (Lipinski definition) is 1. The van der Waals surface area contributed by atoms with Crippen LogP contribution in [0, 0.1) is 5.82 Å². The summed E-state index contributed by atoms with van der Waals surface area (Å²) in [6, 6.07) is 9.74. The summed E-state index contributed by atoms with van der Waals surface area (Å²) >= 11 is 0. The van der Waals surface area contributed by atoms with E-state index in [0.29, 0.717) is 0 Å². The molecule has 146 valence electrons. The smallest absolute Gasteiger partial charge is 0.262 e. The minimum atomic E-state index is -3.44. The second kappa shape index (κ2) is 7.51. The third kappa shape index (κ3) is 4.09. The van der Waals surface area contributed by atoms with Crippen molar-refractivity contribution in [1.82, 2.24) is 4.90 Å². The molecule has 0 saturated carbocycles. The number of rotatable bonds is 6. The van der Waals surface area contributed by atoms with E-state index in [2.05, 4.69) is 5.32 Å². The Morgan fingerprint density at radius 2 is 1.57 bits per heavy atom. The number of benzene rings is 2. The highest BCUT2D eigenvalue weighted by atomic mass is 32.2. The minimum absolute atomic E-state index is 0.159. The van der Waals surface area contributed by atoms with Gasteiger partial charge in [-0.25, -0.2) is 12.8 Å². The van der Waals surface area contributed by atoms with Crippen molar-refractivity contribution in [2.45, 2.75) is 12.5 Å². The van der Waals surface area contributed by atoms with Crippen molar-refractivity contribution in [1.29, 1.82) is 0 Å². The van der Waals surface area contributed by atoms with Gasteiger partial charge in [0.05, 0.1) is 16.9 Å². The van der Waals surface area contributed by atoms with Gasteiger partial charge in [-0.3, -0.25) is 19.3 Å². The molecular formula is C19H17FN2O5S. The number of fused-ring (bicyclic) bond motifs is 1. The van der Waals surface area contributed by atoms with E-state index in [0.717, 1.165) is 23.3 Å². The summed E-state index contributed by atoms with van der Waals surface area (Å²) in [5.41, 5.74) is 0.574. The summed E-state index contributed by atoms with van der Waals surface area (Å²) in [6.45, 7) is 0. The first-order valence-corrected chi connectivity index (χ1v) is 10.4. The summed E-state index contributed by atoms with van der Waals surface area (Å²) in [6.07, 6.45) is 0.752. The number of nitrogens with zero attached hydrogens (tertiary/aromatic N) is 1. The largest absolute Gasteiger partial charge is 0.324 e. The molecule has 0 unspecified atom stereocenters. The molecule has 1 N–H and O–H groups in total. The Hall–Kier alpha value is -3.07. The molecule has 1 atom stereocenters. The van der Waals surface area contributed by atoms with Gasteiger partial charge in [-0.2, -0.15) is 0 Å². The first kappa shape index (κ1) is 19.7. The average Bonchev–Trinajstić information content (AvgIpc) is 2.88. The average molecular weight is 404 g/mol. The predicted molar refractivity (Wildman–Crippen MR) is 100 cm³/mol. The molecule has 0 aromatic heterocycles. The Kier molecular flexibility index (Phi) is 5.28. The topological polar surface area (TPSA) is 101 Å². The van der Waals surface area contributed by atoms with Crippen molar-refractivity contribution in [2.24, 2.45) is 0 Å². The third-order valence-electron chi connectivity index (χ3n) is 4.31. The van der Waals surface area contributed by atoms with Gasteiger partial charge >= 0.3 is 0 Å². The molecule has 1 aliphatic heterocycles. The summed E-state index contributed by atoms with van der Waals surface area (Å²) in [4.78, 5) is 39.0. The number of amides is 3. The lowest BCUT2D eigenvalue weighted by atomic mass is 10.1. The fraction of sp³-hybridized carbons (Fsp3) is 0.211. The zero-order valence-electron chi connectivity index (χ0n) is 14.9. The van der Waals surface area contributed by atoms with Gasteiger partial charge in [-0.05, 0) is 42.8 Å². The highest BCUT2D eigenvalue weighted by Crippen LogP contribution is 2.26. The Morgan fingerprint density at radius 1 is 1.04 bits per heavy atom. The standard InChI is InChI=1S/C19H17FN2O5S/c1-28(26,27)11-10-16(17(23)21-13-8-6-12(20)7-9-13)22-18(24)14-4-2-3-5-15(14)19(22)25/h2-9,16H,10-11H2,1H3,(H,21,23)/t16-/m0/s1. The number of anilines is 1. The molecule has 3 rings (SSSR count). The number of carbonyl (C=O) groups is 3. The maximum Gasteiger partial charge on any atom is 0.262 e. The SMILES string of the molecule is CS(=O)(=O)CC[C@@H](C(=O)Nc1ccc(F)cc1)N1C(=O)c2ccccc2C1=O. The minimum Gasteiger partial charge on any atom is -0.324 e. The highest BCUT2D eigenvalue weighted by Gasteiger charge is 2.42. The van der Waals surface area contributed by atoms with E-state index in [9.17, 15) is 27.2 Å². The second-order valence-electron chi connectivity index (χ2n) is 6.46. The van der Waals surface area contributed by atoms with E-state index in [4.69, 9.17) is 0 Å². The third-order valence-corrected chi connectivity index (χ3v) is 5.29. The van der Waals surface area contributed by atoms with E-state index in [1.165, 1.54) is 24.3 Å². The normalized spacial score (nSPS) is 14.7. The fourth-order valence-electron chi connectivity index (χ4n) is 2.95. The molecule has 0 radical (unpaired) electrons.